The molecular formula is C23H23ClN4O2. The van der Waals surface area contributed by atoms with Crippen molar-refractivity contribution in [2.24, 2.45) is 0 Å². The van der Waals surface area contributed by atoms with Gasteiger partial charge < -0.3 is 9.32 Å². The van der Waals surface area contributed by atoms with Gasteiger partial charge in [0.05, 0.1) is 0 Å². The van der Waals surface area contributed by atoms with Crippen molar-refractivity contribution in [2.45, 2.75) is 19.9 Å². The summed E-state index contributed by atoms with van der Waals surface area (Å²) >= 11 is 5.97. The molecule has 30 heavy (non-hydrogen) atoms. The van der Waals surface area contributed by atoms with Gasteiger partial charge in [-0.2, -0.15) is 5.26 Å². The molecule has 1 aromatic carbocycles. The monoisotopic (exact) mass is 422 g/mol. The van der Waals surface area contributed by atoms with Crippen molar-refractivity contribution in [3.8, 4) is 12.0 Å². The number of amides is 1. The third-order valence-electron chi connectivity index (χ3n) is 5.43. The van der Waals surface area contributed by atoms with Crippen LogP contribution in [0.3, 0.4) is 0 Å². The second-order valence-corrected chi connectivity index (χ2v) is 7.90. The number of rotatable bonds is 4. The lowest BCUT2D eigenvalue weighted by Gasteiger charge is -2.22. The third-order valence-corrected chi connectivity index (χ3v) is 5.68. The Morgan fingerprint density at radius 1 is 1.13 bits per heavy atom. The predicted octanol–water partition coefficient (Wildman–Crippen LogP) is 4.25. The summed E-state index contributed by atoms with van der Waals surface area (Å²) in [6.07, 6.45) is 4.48. The third kappa shape index (κ3) is 4.13. The molecule has 0 unspecified atom stereocenters. The van der Waals surface area contributed by atoms with Crippen molar-refractivity contribution < 1.29 is 9.21 Å². The number of carbonyl (C=O) groups excluding carboxylic acids is 1. The largest absolute Gasteiger partial charge is 0.443 e. The van der Waals surface area contributed by atoms with Crippen molar-refractivity contribution in [2.75, 3.05) is 26.2 Å². The number of benzene rings is 1. The molecule has 1 aliphatic heterocycles. The summed E-state index contributed by atoms with van der Waals surface area (Å²) in [5, 5.41) is 10.5. The van der Waals surface area contributed by atoms with Crippen LogP contribution in [0.1, 0.15) is 33.7 Å². The molecule has 1 aliphatic rings. The zero-order valence-corrected chi connectivity index (χ0v) is 17.6. The van der Waals surface area contributed by atoms with E-state index in [0.29, 0.717) is 30.3 Å². The molecule has 7 heteroatoms. The molecule has 1 saturated heterocycles. The van der Waals surface area contributed by atoms with E-state index in [2.05, 4.69) is 11.0 Å². The van der Waals surface area contributed by atoms with Crippen LogP contribution >= 0.6 is 11.6 Å². The molecule has 154 valence electrons. The van der Waals surface area contributed by atoms with E-state index in [1.54, 1.807) is 23.9 Å². The number of carbonyl (C=O) groups is 1. The highest BCUT2D eigenvalue weighted by Crippen LogP contribution is 2.27. The van der Waals surface area contributed by atoms with Gasteiger partial charge in [0.2, 0.25) is 5.88 Å². The molecule has 0 atom stereocenters. The Kier molecular flexibility index (Phi) is 5.93. The summed E-state index contributed by atoms with van der Waals surface area (Å²) in [7, 11) is 0. The Labute approximate surface area is 180 Å². The molecular weight excluding hydrogens is 400 g/mol. The molecule has 0 N–H and O–H groups in total. The van der Waals surface area contributed by atoms with Crippen LogP contribution < -0.4 is 0 Å². The zero-order valence-electron chi connectivity index (χ0n) is 16.8. The van der Waals surface area contributed by atoms with Crippen LogP contribution in [0.5, 0.6) is 0 Å². The van der Waals surface area contributed by atoms with E-state index in [1.807, 2.05) is 41.3 Å². The highest BCUT2D eigenvalue weighted by molar-refractivity contribution is 6.30. The first-order valence-corrected chi connectivity index (χ1v) is 10.4. The number of furan rings is 1. The Morgan fingerprint density at radius 3 is 2.57 bits per heavy atom. The molecule has 2 aromatic heterocycles. The second-order valence-electron chi connectivity index (χ2n) is 7.46. The molecule has 6 nitrogen and oxygen atoms in total. The van der Waals surface area contributed by atoms with Gasteiger partial charge in [0.1, 0.15) is 23.0 Å². The average Bonchev–Trinajstić information content (AvgIpc) is 3.32. The van der Waals surface area contributed by atoms with E-state index >= 15 is 0 Å². The Balaban J connectivity index is 1.49. The smallest absolute Gasteiger partial charge is 0.258 e. The number of nitrogens with zero attached hydrogens (tertiary/aromatic N) is 4. The van der Waals surface area contributed by atoms with Crippen LogP contribution in [0.15, 0.2) is 53.2 Å². The summed E-state index contributed by atoms with van der Waals surface area (Å²) in [5.41, 5.74) is 1.86. The van der Waals surface area contributed by atoms with Gasteiger partial charge in [-0.15, -0.1) is 0 Å². The molecule has 4 rings (SSSR count). The van der Waals surface area contributed by atoms with Crippen LogP contribution in [-0.2, 0) is 6.54 Å². The molecule has 3 heterocycles. The zero-order chi connectivity index (χ0) is 21.1. The highest BCUT2D eigenvalue weighted by atomic mass is 35.5. The van der Waals surface area contributed by atoms with E-state index < -0.39 is 0 Å². The van der Waals surface area contributed by atoms with E-state index in [4.69, 9.17) is 16.0 Å². The predicted molar refractivity (Wildman–Crippen MR) is 115 cm³/mol. The molecule has 0 aliphatic carbocycles. The van der Waals surface area contributed by atoms with Crippen molar-refractivity contribution in [1.82, 2.24) is 14.4 Å². The molecule has 1 amide bonds. The lowest BCUT2D eigenvalue weighted by molar-refractivity contribution is 0.0759. The summed E-state index contributed by atoms with van der Waals surface area (Å²) in [4.78, 5) is 17.5. The number of halogens is 1. The summed E-state index contributed by atoms with van der Waals surface area (Å²) in [6, 6.07) is 13.7. The minimum atomic E-state index is -0.139. The van der Waals surface area contributed by atoms with Gasteiger partial charge in [-0.1, -0.05) is 23.7 Å². The van der Waals surface area contributed by atoms with Gasteiger partial charge >= 0.3 is 0 Å². The molecule has 1 fully saturated rings. The molecule has 0 bridgehead atoms. The maximum absolute atomic E-state index is 13.3. The fourth-order valence-corrected chi connectivity index (χ4v) is 4.01. The van der Waals surface area contributed by atoms with Crippen molar-refractivity contribution in [1.29, 1.82) is 5.26 Å². The maximum atomic E-state index is 13.3. The Hall–Kier alpha value is -3.01. The van der Waals surface area contributed by atoms with Gasteiger partial charge in [-0.3, -0.25) is 14.3 Å². The summed E-state index contributed by atoms with van der Waals surface area (Å²) < 4.78 is 7.53. The number of hydrogen-bond donors (Lipinski definition) is 0. The van der Waals surface area contributed by atoms with E-state index in [0.717, 1.165) is 31.1 Å². The molecule has 0 saturated carbocycles. The lowest BCUT2D eigenvalue weighted by Crippen LogP contribution is -2.35. The summed E-state index contributed by atoms with van der Waals surface area (Å²) in [5.74, 6) is 0.726. The fraction of sp³-hybridized carbons (Fsp3) is 0.304. The van der Waals surface area contributed by atoms with Crippen LogP contribution in [-0.4, -0.2) is 46.5 Å². The second kappa shape index (κ2) is 8.78. The first-order valence-electron chi connectivity index (χ1n) is 9.99. The van der Waals surface area contributed by atoms with Gasteiger partial charge in [0.15, 0.2) is 0 Å². The first kappa shape index (κ1) is 20.3. The standard InChI is InChI=1S/C23H23ClN4O2/c1-17-21(20(15-25)23(30-17)28-10-2-3-11-28)22(29)27-12-4-9-26(13-14-27)16-18-5-7-19(24)8-6-18/h2-3,5-8,10-11H,4,9,12-14,16H2,1H3. The number of aryl methyl sites for hydroxylation is 1. The molecule has 3 aromatic rings. The number of aromatic nitrogens is 1. The van der Waals surface area contributed by atoms with Crippen molar-refractivity contribution in [3.05, 3.63) is 76.3 Å². The minimum Gasteiger partial charge on any atom is -0.443 e. The van der Waals surface area contributed by atoms with Gasteiger partial charge in [0.25, 0.3) is 5.91 Å². The van der Waals surface area contributed by atoms with Gasteiger partial charge in [0, 0.05) is 50.1 Å². The SMILES string of the molecule is Cc1oc(-n2cccc2)c(C#N)c1C(=O)N1CCCN(Cc2ccc(Cl)cc2)CC1. The van der Waals surface area contributed by atoms with Gasteiger partial charge in [-0.25, -0.2) is 0 Å². The van der Waals surface area contributed by atoms with Crippen LogP contribution in [0, 0.1) is 18.3 Å². The minimum absolute atomic E-state index is 0.139. The highest BCUT2D eigenvalue weighted by Gasteiger charge is 2.29. The Morgan fingerprint density at radius 2 is 1.87 bits per heavy atom. The quantitative estimate of drug-likeness (QED) is 0.630. The Bertz CT molecular complexity index is 1060. The van der Waals surface area contributed by atoms with Crippen molar-refractivity contribution >= 4 is 17.5 Å². The first-order chi connectivity index (χ1) is 14.6. The van der Waals surface area contributed by atoms with E-state index in [1.165, 1.54) is 5.56 Å². The molecule has 0 radical (unpaired) electrons. The van der Waals surface area contributed by atoms with Crippen molar-refractivity contribution in [3.63, 3.8) is 0 Å². The van der Waals surface area contributed by atoms with Crippen LogP contribution in [0.25, 0.3) is 5.88 Å². The van der Waals surface area contributed by atoms with Crippen LogP contribution in [0.4, 0.5) is 0 Å². The topological polar surface area (TPSA) is 65.4 Å². The molecule has 0 spiro atoms. The van der Waals surface area contributed by atoms with E-state index in [9.17, 15) is 10.1 Å². The van der Waals surface area contributed by atoms with Crippen LogP contribution in [0.2, 0.25) is 5.02 Å². The van der Waals surface area contributed by atoms with E-state index in [-0.39, 0.29) is 11.5 Å². The van der Waals surface area contributed by atoms with Gasteiger partial charge in [-0.05, 0) is 43.2 Å². The lowest BCUT2D eigenvalue weighted by atomic mass is 10.1. The average molecular weight is 423 g/mol. The fourth-order valence-electron chi connectivity index (χ4n) is 3.88. The number of hydrogen-bond acceptors (Lipinski definition) is 4. The normalized spacial score (nSPS) is 15.0. The number of nitriles is 1. The maximum Gasteiger partial charge on any atom is 0.258 e. The summed E-state index contributed by atoms with van der Waals surface area (Å²) in [6.45, 7) is 5.52.